The van der Waals surface area contributed by atoms with Crippen LogP contribution in [0.25, 0.3) is 21.9 Å². The third-order valence-electron chi connectivity index (χ3n) is 3.42. The van der Waals surface area contributed by atoms with E-state index in [1.54, 1.807) is 12.1 Å². The normalized spacial score (nSPS) is 13.1. The van der Waals surface area contributed by atoms with E-state index in [4.69, 9.17) is 4.52 Å². The highest BCUT2D eigenvalue weighted by Gasteiger charge is 2.23. The Balaban J connectivity index is 2.58. The van der Waals surface area contributed by atoms with Crippen molar-refractivity contribution in [1.29, 1.82) is 0 Å². The molecule has 0 saturated carbocycles. The quantitative estimate of drug-likeness (QED) is 0.641. The zero-order chi connectivity index (χ0) is 15.4. The third-order valence-corrected chi connectivity index (χ3v) is 4.31. The first-order chi connectivity index (χ1) is 9.69. The molecule has 0 atom stereocenters. The Morgan fingerprint density at radius 3 is 2.52 bits per heavy atom. The molecule has 6 nitrogen and oxygen atoms in total. The van der Waals surface area contributed by atoms with Crippen LogP contribution >= 0.6 is 0 Å². The number of benzene rings is 2. The van der Waals surface area contributed by atoms with Crippen LogP contribution in [0.3, 0.4) is 0 Å². The standard InChI is InChI=1S/C14H14N2O4S/c1-14(2,3)10-7-9-8(13-12(10)15-16-20-13)5-4-6-11(9)21(17,18)19/h4-7H,1-3H3,(H,17,18,19)/p-1. The van der Waals surface area contributed by atoms with Gasteiger partial charge >= 0.3 is 0 Å². The minimum absolute atomic E-state index is 0.260. The molecule has 0 amide bonds. The van der Waals surface area contributed by atoms with E-state index >= 15 is 0 Å². The Hall–Kier alpha value is -1.99. The van der Waals surface area contributed by atoms with Gasteiger partial charge in [-0.3, -0.25) is 0 Å². The highest BCUT2D eigenvalue weighted by Crippen LogP contribution is 2.36. The summed E-state index contributed by atoms with van der Waals surface area (Å²) in [7, 11) is -4.58. The van der Waals surface area contributed by atoms with Crippen LogP contribution in [0.4, 0.5) is 0 Å². The van der Waals surface area contributed by atoms with Crippen LogP contribution in [-0.4, -0.2) is 23.3 Å². The minimum atomic E-state index is -4.58. The molecule has 0 spiro atoms. The first kappa shape index (κ1) is 14.0. The molecule has 0 unspecified atom stereocenters. The van der Waals surface area contributed by atoms with Crippen molar-refractivity contribution in [3.63, 3.8) is 0 Å². The first-order valence-corrected chi connectivity index (χ1v) is 7.74. The van der Waals surface area contributed by atoms with Gasteiger partial charge in [-0.05, 0) is 23.1 Å². The van der Waals surface area contributed by atoms with Gasteiger partial charge in [-0.25, -0.2) is 8.42 Å². The van der Waals surface area contributed by atoms with Crippen molar-refractivity contribution in [1.82, 2.24) is 10.4 Å². The number of aromatic nitrogens is 2. The summed E-state index contributed by atoms with van der Waals surface area (Å²) in [6.45, 7) is 5.91. The predicted octanol–water partition coefficient (Wildman–Crippen LogP) is 2.58. The van der Waals surface area contributed by atoms with E-state index in [2.05, 4.69) is 10.4 Å². The highest BCUT2D eigenvalue weighted by atomic mass is 32.2. The molecule has 0 N–H and O–H groups in total. The second kappa shape index (κ2) is 4.25. The summed E-state index contributed by atoms with van der Waals surface area (Å²) in [5.41, 5.74) is 1.45. The molecule has 0 aliphatic carbocycles. The molecule has 0 bridgehead atoms. The van der Waals surface area contributed by atoms with Crippen molar-refractivity contribution < 1.29 is 17.5 Å². The number of fused-ring (bicyclic) bond motifs is 3. The SMILES string of the molecule is CC(C)(C)c1cc2c(S(=O)(=O)[O-])cccc2c2onnc12. The zero-order valence-electron chi connectivity index (χ0n) is 11.7. The lowest BCUT2D eigenvalue weighted by molar-refractivity contribution is 0.426. The van der Waals surface area contributed by atoms with Gasteiger partial charge in [-0.1, -0.05) is 32.9 Å². The Morgan fingerprint density at radius 1 is 1.19 bits per heavy atom. The number of hydrogen-bond donors (Lipinski definition) is 0. The predicted molar refractivity (Wildman–Crippen MR) is 76.0 cm³/mol. The Labute approximate surface area is 121 Å². The van der Waals surface area contributed by atoms with Crippen LogP contribution in [0.15, 0.2) is 33.7 Å². The summed E-state index contributed by atoms with van der Waals surface area (Å²) in [5.74, 6) is 0. The summed E-state index contributed by atoms with van der Waals surface area (Å²) < 4.78 is 39.6. The van der Waals surface area contributed by atoms with Crippen LogP contribution in [0.1, 0.15) is 26.3 Å². The number of nitrogens with zero attached hydrogens (tertiary/aromatic N) is 2. The maximum atomic E-state index is 11.5. The number of rotatable bonds is 1. The van der Waals surface area contributed by atoms with Crippen molar-refractivity contribution in [3.05, 3.63) is 29.8 Å². The van der Waals surface area contributed by atoms with E-state index in [0.717, 1.165) is 5.56 Å². The molecule has 2 aromatic carbocycles. The van der Waals surface area contributed by atoms with Crippen molar-refractivity contribution in [2.45, 2.75) is 31.1 Å². The Kier molecular flexibility index (Phi) is 2.83. The van der Waals surface area contributed by atoms with Crippen molar-refractivity contribution in [3.8, 4) is 0 Å². The molecule has 0 aliphatic rings. The lowest BCUT2D eigenvalue weighted by atomic mass is 9.85. The highest BCUT2D eigenvalue weighted by molar-refractivity contribution is 7.86. The lowest BCUT2D eigenvalue weighted by Gasteiger charge is -2.20. The Morgan fingerprint density at radius 2 is 1.90 bits per heavy atom. The average molecular weight is 305 g/mol. The van der Waals surface area contributed by atoms with Gasteiger partial charge in [0.25, 0.3) is 0 Å². The molecule has 3 rings (SSSR count). The van der Waals surface area contributed by atoms with E-state index in [9.17, 15) is 13.0 Å². The summed E-state index contributed by atoms with van der Waals surface area (Å²) in [6, 6.07) is 6.18. The van der Waals surface area contributed by atoms with Crippen LogP contribution in [0.2, 0.25) is 0 Å². The second-order valence-electron chi connectivity index (χ2n) is 5.93. The van der Waals surface area contributed by atoms with E-state index in [1.807, 2.05) is 20.8 Å². The zero-order valence-corrected chi connectivity index (χ0v) is 12.6. The molecule has 1 aromatic heterocycles. The maximum Gasteiger partial charge on any atom is 0.195 e. The molecule has 0 aliphatic heterocycles. The fraction of sp³-hybridized carbons (Fsp3) is 0.286. The van der Waals surface area contributed by atoms with Crippen LogP contribution in [-0.2, 0) is 15.5 Å². The monoisotopic (exact) mass is 305 g/mol. The fourth-order valence-corrected chi connectivity index (χ4v) is 3.12. The smallest absolute Gasteiger partial charge is 0.195 e. The van der Waals surface area contributed by atoms with E-state index in [-0.39, 0.29) is 10.3 Å². The van der Waals surface area contributed by atoms with Crippen molar-refractivity contribution in [2.75, 3.05) is 0 Å². The van der Waals surface area contributed by atoms with Gasteiger partial charge in [0.2, 0.25) is 0 Å². The molecule has 0 fully saturated rings. The van der Waals surface area contributed by atoms with E-state index in [1.165, 1.54) is 12.1 Å². The molecule has 21 heavy (non-hydrogen) atoms. The van der Waals surface area contributed by atoms with Gasteiger partial charge in [-0.15, -0.1) is 5.10 Å². The molecule has 0 radical (unpaired) electrons. The maximum absolute atomic E-state index is 11.5. The first-order valence-electron chi connectivity index (χ1n) is 6.34. The van der Waals surface area contributed by atoms with Gasteiger partial charge < -0.3 is 9.08 Å². The molecular weight excluding hydrogens is 292 g/mol. The summed E-state index contributed by atoms with van der Waals surface area (Å²) in [4.78, 5) is -0.260. The third kappa shape index (κ3) is 2.18. The topological polar surface area (TPSA) is 96.1 Å². The van der Waals surface area contributed by atoms with Gasteiger partial charge in [0.15, 0.2) is 5.58 Å². The molecule has 0 saturated heterocycles. The summed E-state index contributed by atoms with van der Waals surface area (Å²) in [6.07, 6.45) is 0. The van der Waals surface area contributed by atoms with Gasteiger partial charge in [0, 0.05) is 16.0 Å². The van der Waals surface area contributed by atoms with Crippen molar-refractivity contribution in [2.24, 2.45) is 0 Å². The van der Waals surface area contributed by atoms with Crippen molar-refractivity contribution >= 4 is 32.0 Å². The van der Waals surface area contributed by atoms with E-state index < -0.39 is 10.1 Å². The van der Waals surface area contributed by atoms with Gasteiger partial charge in [0.05, 0.1) is 4.90 Å². The van der Waals surface area contributed by atoms with Gasteiger partial charge in [0.1, 0.15) is 15.6 Å². The second-order valence-corrected chi connectivity index (χ2v) is 7.28. The van der Waals surface area contributed by atoms with Crippen LogP contribution in [0, 0.1) is 0 Å². The fourth-order valence-electron chi connectivity index (χ4n) is 2.44. The molecule has 110 valence electrons. The minimum Gasteiger partial charge on any atom is -0.744 e. The molecule has 3 aromatic rings. The molecule has 1 heterocycles. The average Bonchev–Trinajstić information content (AvgIpc) is 2.83. The molecule has 7 heteroatoms. The van der Waals surface area contributed by atoms with Gasteiger partial charge in [-0.2, -0.15) is 0 Å². The lowest BCUT2D eigenvalue weighted by Crippen LogP contribution is -2.12. The Bertz CT molecular complexity index is 952. The van der Waals surface area contributed by atoms with E-state index in [0.29, 0.717) is 21.9 Å². The summed E-state index contributed by atoms with van der Waals surface area (Å²) >= 11 is 0. The van der Waals surface area contributed by atoms with Crippen LogP contribution < -0.4 is 0 Å². The number of hydrogen-bond acceptors (Lipinski definition) is 6. The largest absolute Gasteiger partial charge is 0.744 e. The molecular formula is C14H13N2O4S-. The summed E-state index contributed by atoms with van der Waals surface area (Å²) in [5, 5.41) is 8.40. The van der Waals surface area contributed by atoms with Crippen LogP contribution in [0.5, 0.6) is 0 Å².